The number of carbonyl (C=O) groups is 3. The Hall–Kier alpha value is -2.90. The highest BCUT2D eigenvalue weighted by Gasteiger charge is 2.53. The lowest BCUT2D eigenvalue weighted by Crippen LogP contribution is -2.42. The van der Waals surface area contributed by atoms with Crippen LogP contribution in [0.1, 0.15) is 18.1 Å². The molecule has 1 aromatic carbocycles. The number of nitrogens with zero attached hydrogens (tertiary/aromatic N) is 3. The first kappa shape index (κ1) is 15.5. The van der Waals surface area contributed by atoms with Crippen LogP contribution in [0.15, 0.2) is 29.4 Å². The molecule has 1 saturated heterocycles. The van der Waals surface area contributed by atoms with Gasteiger partial charge < -0.3 is 15.8 Å². The monoisotopic (exact) mass is 304 g/mol. The average molecular weight is 304 g/mol. The highest BCUT2D eigenvalue weighted by molar-refractivity contribution is 6.08. The number of hydrazone groups is 1. The van der Waals surface area contributed by atoms with E-state index in [2.05, 4.69) is 5.10 Å². The van der Waals surface area contributed by atoms with Crippen LogP contribution in [0.2, 0.25) is 0 Å². The molecule has 116 valence electrons. The minimum atomic E-state index is -1.25. The largest absolute Gasteiger partial charge is 0.480 e. The molecule has 1 fully saturated rings. The van der Waals surface area contributed by atoms with Gasteiger partial charge in [0.25, 0.3) is 5.91 Å². The van der Waals surface area contributed by atoms with Crippen LogP contribution >= 0.6 is 0 Å². The van der Waals surface area contributed by atoms with Crippen molar-refractivity contribution >= 4 is 24.1 Å². The van der Waals surface area contributed by atoms with Crippen molar-refractivity contribution in [2.75, 3.05) is 13.6 Å². The van der Waals surface area contributed by atoms with Gasteiger partial charge in [-0.25, -0.2) is 4.79 Å². The molecule has 8 heteroatoms. The summed E-state index contributed by atoms with van der Waals surface area (Å²) < 4.78 is 0. The number of likely N-dealkylation sites (N-methyl/N-ethyl adjacent to an activating group) is 1. The molecule has 0 unspecified atom stereocenters. The first-order valence-electron chi connectivity index (χ1n) is 6.47. The van der Waals surface area contributed by atoms with Crippen molar-refractivity contribution in [2.24, 2.45) is 10.9 Å². The van der Waals surface area contributed by atoms with Crippen LogP contribution in [0.25, 0.3) is 0 Å². The zero-order chi connectivity index (χ0) is 16.5. The Morgan fingerprint density at radius 1 is 1.36 bits per heavy atom. The van der Waals surface area contributed by atoms with Gasteiger partial charge in [-0.1, -0.05) is 24.3 Å². The number of hydrogen-bond donors (Lipinski definition) is 2. The van der Waals surface area contributed by atoms with Gasteiger partial charge in [0.05, 0.1) is 6.21 Å². The van der Waals surface area contributed by atoms with E-state index >= 15 is 0 Å². The van der Waals surface area contributed by atoms with E-state index in [0.29, 0.717) is 5.56 Å². The maximum absolute atomic E-state index is 12.5. The summed E-state index contributed by atoms with van der Waals surface area (Å²) in [7, 11) is 1.47. The zero-order valence-electron chi connectivity index (χ0n) is 12.2. The van der Waals surface area contributed by atoms with Gasteiger partial charge in [0.1, 0.15) is 12.1 Å². The van der Waals surface area contributed by atoms with E-state index < -0.39 is 30.0 Å². The smallest absolute Gasteiger partial charge is 0.328 e. The van der Waals surface area contributed by atoms with Crippen molar-refractivity contribution in [3.8, 4) is 0 Å². The van der Waals surface area contributed by atoms with Crippen LogP contribution in [0.3, 0.4) is 0 Å². The van der Waals surface area contributed by atoms with Crippen molar-refractivity contribution in [1.29, 1.82) is 0 Å². The predicted molar refractivity (Wildman–Crippen MR) is 78.1 cm³/mol. The molecule has 0 aromatic heterocycles. The minimum Gasteiger partial charge on any atom is -0.480 e. The molecule has 8 nitrogen and oxygen atoms in total. The fourth-order valence-electron chi connectivity index (χ4n) is 2.44. The molecule has 3 N–H and O–H groups in total. The molecule has 2 rings (SSSR count). The number of carbonyl (C=O) groups excluding carboxylic acids is 2. The van der Waals surface area contributed by atoms with Crippen molar-refractivity contribution in [2.45, 2.75) is 12.5 Å². The first-order valence-corrected chi connectivity index (χ1v) is 6.47. The molecular weight excluding hydrogens is 288 g/mol. The van der Waals surface area contributed by atoms with Gasteiger partial charge in [-0.3, -0.25) is 14.5 Å². The Morgan fingerprint density at radius 3 is 2.45 bits per heavy atom. The molecule has 22 heavy (non-hydrogen) atoms. The third-order valence-corrected chi connectivity index (χ3v) is 3.84. The van der Waals surface area contributed by atoms with Gasteiger partial charge in [0, 0.05) is 7.05 Å². The molecule has 1 aromatic rings. The molecule has 1 aliphatic rings. The van der Waals surface area contributed by atoms with E-state index in [1.165, 1.54) is 18.2 Å². The lowest BCUT2D eigenvalue weighted by Gasteiger charge is -2.29. The quantitative estimate of drug-likeness (QED) is 0.356. The van der Waals surface area contributed by atoms with Crippen molar-refractivity contribution in [3.63, 3.8) is 0 Å². The second kappa shape index (κ2) is 5.47. The topological polar surface area (TPSA) is 116 Å². The molecule has 0 spiro atoms. The molecular formula is C14H16N4O4. The fourth-order valence-corrected chi connectivity index (χ4v) is 2.44. The highest BCUT2D eigenvalue weighted by Crippen LogP contribution is 2.35. The third kappa shape index (κ3) is 2.28. The summed E-state index contributed by atoms with van der Waals surface area (Å²) in [6, 6.07) is 6.15. The lowest BCUT2D eigenvalue weighted by atomic mass is 9.90. The Morgan fingerprint density at radius 2 is 1.95 bits per heavy atom. The summed E-state index contributed by atoms with van der Waals surface area (Å²) in [6.07, 6.45) is 1.45. The second-order valence-corrected chi connectivity index (χ2v) is 5.10. The Balaban J connectivity index is 2.41. The highest BCUT2D eigenvalue weighted by atomic mass is 16.4. The number of rotatable bonds is 4. The average Bonchev–Trinajstić information content (AvgIpc) is 2.64. The van der Waals surface area contributed by atoms with Crippen LogP contribution in [0, 0.1) is 0 Å². The molecule has 1 heterocycles. The van der Waals surface area contributed by atoms with Crippen molar-refractivity contribution in [3.05, 3.63) is 35.4 Å². The fraction of sp³-hybridized carbons (Fsp3) is 0.286. The number of carboxylic acids is 1. The maximum atomic E-state index is 12.5. The number of carboxylic acid groups (broad SMARTS) is 1. The number of imide groups is 1. The summed E-state index contributed by atoms with van der Waals surface area (Å²) in [5, 5.41) is 12.2. The van der Waals surface area contributed by atoms with Crippen LogP contribution in [0.4, 0.5) is 4.79 Å². The maximum Gasteiger partial charge on any atom is 0.328 e. The van der Waals surface area contributed by atoms with E-state index in [1.807, 2.05) is 0 Å². The van der Waals surface area contributed by atoms with Gasteiger partial charge in [0.2, 0.25) is 0 Å². The number of hydrogen-bond acceptors (Lipinski definition) is 5. The standard InChI is InChI=1S/C14H16N4O4/c1-14(10-5-3-9(4-6-10)7-16-15)12(21)18(8-11(19)20)13(22)17(14)2/h3-7H,8,15H2,1-2H3,(H,19,20)/t14-/m1/s1. The SMILES string of the molecule is CN1C(=O)N(CC(=O)O)C(=O)[C@@]1(C)c1ccc(C=NN)cc1. The molecule has 1 atom stereocenters. The Labute approximate surface area is 126 Å². The van der Waals surface area contributed by atoms with Crippen LogP contribution in [0.5, 0.6) is 0 Å². The van der Waals surface area contributed by atoms with Crippen LogP contribution in [-0.2, 0) is 15.1 Å². The second-order valence-electron chi connectivity index (χ2n) is 5.10. The van der Waals surface area contributed by atoms with Gasteiger partial charge in [-0.05, 0) is 18.1 Å². The molecule has 0 aliphatic carbocycles. The van der Waals surface area contributed by atoms with Gasteiger partial charge in [0.15, 0.2) is 0 Å². The van der Waals surface area contributed by atoms with Crippen molar-refractivity contribution in [1.82, 2.24) is 9.80 Å². The van der Waals surface area contributed by atoms with E-state index in [4.69, 9.17) is 10.9 Å². The Kier molecular flexibility index (Phi) is 3.85. The lowest BCUT2D eigenvalue weighted by molar-refractivity contribution is -0.143. The summed E-state index contributed by atoms with van der Waals surface area (Å²) >= 11 is 0. The summed E-state index contributed by atoms with van der Waals surface area (Å²) in [6.45, 7) is 0.927. The normalized spacial score (nSPS) is 21.9. The van der Waals surface area contributed by atoms with Crippen LogP contribution in [-0.4, -0.2) is 52.6 Å². The van der Waals surface area contributed by atoms with Gasteiger partial charge >= 0.3 is 12.0 Å². The Bertz CT molecular complexity index is 655. The molecule has 1 aliphatic heterocycles. The van der Waals surface area contributed by atoms with Gasteiger partial charge in [-0.15, -0.1) is 0 Å². The van der Waals surface area contributed by atoms with Crippen LogP contribution < -0.4 is 5.84 Å². The van der Waals surface area contributed by atoms with E-state index in [0.717, 1.165) is 10.5 Å². The summed E-state index contributed by atoms with van der Waals surface area (Å²) in [4.78, 5) is 37.5. The number of nitrogens with two attached hydrogens (primary N) is 1. The molecule has 3 amide bonds. The number of benzene rings is 1. The van der Waals surface area contributed by atoms with E-state index in [9.17, 15) is 14.4 Å². The summed E-state index contributed by atoms with van der Waals surface area (Å²) in [5.41, 5.74) is 0.0809. The van der Waals surface area contributed by atoms with E-state index in [1.54, 1.807) is 31.2 Å². The van der Waals surface area contributed by atoms with Gasteiger partial charge in [-0.2, -0.15) is 5.10 Å². The molecule has 0 bridgehead atoms. The first-order chi connectivity index (χ1) is 10.3. The van der Waals surface area contributed by atoms with Crippen molar-refractivity contribution < 1.29 is 19.5 Å². The minimum absolute atomic E-state index is 0.567. The number of aliphatic carboxylic acids is 1. The third-order valence-electron chi connectivity index (χ3n) is 3.84. The number of amides is 3. The zero-order valence-corrected chi connectivity index (χ0v) is 12.2. The molecule has 0 radical (unpaired) electrons. The number of urea groups is 1. The predicted octanol–water partition coefficient (Wildman–Crippen LogP) is 0.173. The molecule has 0 saturated carbocycles. The summed E-state index contributed by atoms with van der Waals surface area (Å²) in [5.74, 6) is 3.26. The van der Waals surface area contributed by atoms with E-state index in [-0.39, 0.29) is 0 Å².